The minimum atomic E-state index is -0.0778. The third kappa shape index (κ3) is 3.08. The Kier molecular flexibility index (Phi) is 4.59. The van der Waals surface area contributed by atoms with Gasteiger partial charge in [0.2, 0.25) is 0 Å². The number of benzene rings is 2. The maximum atomic E-state index is 9.25. The average molecular weight is 269 g/mol. The number of aliphatic hydroxyl groups excluding tert-OH is 1. The molecule has 0 unspecified atom stereocenters. The first-order valence-electron chi connectivity index (χ1n) is 6.17. The fourth-order valence-corrected chi connectivity index (χ4v) is 1.89. The molecule has 0 aromatic heterocycles. The highest BCUT2D eigenvalue weighted by molar-refractivity contribution is 5.42. The zero-order valence-corrected chi connectivity index (χ0v) is 11.2. The van der Waals surface area contributed by atoms with Crippen molar-refractivity contribution in [2.45, 2.75) is 13.2 Å². The summed E-state index contributed by atoms with van der Waals surface area (Å²) in [6.07, 6.45) is 0. The second kappa shape index (κ2) is 6.60. The normalized spacial score (nSPS) is 9.85. The molecule has 0 saturated heterocycles. The van der Waals surface area contributed by atoms with Crippen LogP contribution >= 0.6 is 0 Å². The van der Waals surface area contributed by atoms with Crippen molar-refractivity contribution >= 4 is 0 Å². The molecule has 0 heterocycles. The summed E-state index contributed by atoms with van der Waals surface area (Å²) >= 11 is 0. The number of ether oxygens (including phenoxy) is 2. The first-order valence-corrected chi connectivity index (χ1v) is 6.17. The van der Waals surface area contributed by atoms with E-state index in [2.05, 4.69) is 6.07 Å². The Bertz CT molecular complexity index is 632. The Morgan fingerprint density at radius 3 is 2.60 bits per heavy atom. The van der Waals surface area contributed by atoms with Crippen molar-refractivity contribution in [1.82, 2.24) is 0 Å². The van der Waals surface area contributed by atoms with E-state index < -0.39 is 0 Å². The molecule has 0 aliphatic carbocycles. The van der Waals surface area contributed by atoms with Crippen LogP contribution in [0.1, 0.15) is 16.7 Å². The van der Waals surface area contributed by atoms with E-state index in [9.17, 15) is 5.11 Å². The number of rotatable bonds is 5. The molecule has 1 N–H and O–H groups in total. The van der Waals surface area contributed by atoms with E-state index in [0.29, 0.717) is 17.1 Å². The zero-order valence-electron chi connectivity index (χ0n) is 11.2. The predicted molar refractivity (Wildman–Crippen MR) is 74.4 cm³/mol. The summed E-state index contributed by atoms with van der Waals surface area (Å²) in [5.41, 5.74) is 2.07. The SMILES string of the molecule is COc1ccc(C#N)cc1COc1ccccc1CO. The van der Waals surface area contributed by atoms with Crippen molar-refractivity contribution in [3.05, 3.63) is 59.2 Å². The lowest BCUT2D eigenvalue weighted by Crippen LogP contribution is -2.01. The highest BCUT2D eigenvalue weighted by atomic mass is 16.5. The van der Waals surface area contributed by atoms with E-state index in [0.717, 1.165) is 11.1 Å². The van der Waals surface area contributed by atoms with Crippen LogP contribution in [0.4, 0.5) is 0 Å². The molecule has 0 atom stereocenters. The molecule has 0 spiro atoms. The molecular weight excluding hydrogens is 254 g/mol. The van der Waals surface area contributed by atoms with Gasteiger partial charge in [-0.3, -0.25) is 0 Å². The Morgan fingerprint density at radius 2 is 1.90 bits per heavy atom. The lowest BCUT2D eigenvalue weighted by atomic mass is 10.1. The fraction of sp³-hybridized carbons (Fsp3) is 0.188. The second-order valence-electron chi connectivity index (χ2n) is 4.19. The minimum absolute atomic E-state index is 0.0778. The first kappa shape index (κ1) is 13.9. The number of nitriles is 1. The van der Waals surface area contributed by atoms with Gasteiger partial charge in [0.05, 0.1) is 25.3 Å². The van der Waals surface area contributed by atoms with E-state index in [1.165, 1.54) is 0 Å². The molecule has 2 rings (SSSR count). The second-order valence-corrected chi connectivity index (χ2v) is 4.19. The number of nitrogens with zero attached hydrogens (tertiary/aromatic N) is 1. The van der Waals surface area contributed by atoms with Crippen LogP contribution in [-0.2, 0) is 13.2 Å². The molecule has 4 nitrogen and oxygen atoms in total. The molecule has 0 fully saturated rings. The highest BCUT2D eigenvalue weighted by Crippen LogP contribution is 2.24. The monoisotopic (exact) mass is 269 g/mol. The van der Waals surface area contributed by atoms with Crippen LogP contribution in [0.5, 0.6) is 11.5 Å². The Hall–Kier alpha value is -2.51. The van der Waals surface area contributed by atoms with Crippen molar-refractivity contribution in [3.63, 3.8) is 0 Å². The number of para-hydroxylation sites is 1. The smallest absolute Gasteiger partial charge is 0.125 e. The van der Waals surface area contributed by atoms with Crippen LogP contribution in [0.25, 0.3) is 0 Å². The number of hydrogen-bond acceptors (Lipinski definition) is 4. The zero-order chi connectivity index (χ0) is 14.4. The molecule has 2 aromatic carbocycles. The average Bonchev–Trinajstić information content (AvgIpc) is 2.52. The topological polar surface area (TPSA) is 62.5 Å². The van der Waals surface area contributed by atoms with Crippen molar-refractivity contribution in [3.8, 4) is 17.6 Å². The van der Waals surface area contributed by atoms with Gasteiger partial charge >= 0.3 is 0 Å². The molecule has 0 saturated carbocycles. The van der Waals surface area contributed by atoms with Gasteiger partial charge in [0.25, 0.3) is 0 Å². The third-order valence-electron chi connectivity index (χ3n) is 2.94. The fourth-order valence-electron chi connectivity index (χ4n) is 1.89. The molecule has 0 aliphatic rings. The first-order chi connectivity index (χ1) is 9.78. The van der Waals surface area contributed by atoms with E-state index in [-0.39, 0.29) is 13.2 Å². The van der Waals surface area contributed by atoms with Gasteiger partial charge in [-0.1, -0.05) is 18.2 Å². The van der Waals surface area contributed by atoms with Crippen LogP contribution in [0.15, 0.2) is 42.5 Å². The van der Waals surface area contributed by atoms with Gasteiger partial charge in [0, 0.05) is 11.1 Å². The molecule has 0 aliphatic heterocycles. The number of aliphatic hydroxyl groups is 1. The van der Waals surface area contributed by atoms with E-state index >= 15 is 0 Å². The largest absolute Gasteiger partial charge is 0.496 e. The van der Waals surface area contributed by atoms with Gasteiger partial charge in [-0.05, 0) is 24.3 Å². The Morgan fingerprint density at radius 1 is 1.10 bits per heavy atom. The molecule has 102 valence electrons. The van der Waals surface area contributed by atoms with Crippen LogP contribution in [0.2, 0.25) is 0 Å². The molecule has 20 heavy (non-hydrogen) atoms. The summed E-state index contributed by atoms with van der Waals surface area (Å²) < 4.78 is 11.0. The number of methoxy groups -OCH3 is 1. The van der Waals surface area contributed by atoms with Crippen LogP contribution in [0, 0.1) is 11.3 Å². The lowest BCUT2D eigenvalue weighted by Gasteiger charge is -2.12. The van der Waals surface area contributed by atoms with Crippen molar-refractivity contribution in [2.75, 3.05) is 7.11 Å². The lowest BCUT2D eigenvalue weighted by molar-refractivity contribution is 0.257. The summed E-state index contributed by atoms with van der Waals surface area (Å²) in [6.45, 7) is 0.196. The van der Waals surface area contributed by atoms with Gasteiger partial charge in [-0.25, -0.2) is 0 Å². The maximum Gasteiger partial charge on any atom is 0.125 e. The highest BCUT2D eigenvalue weighted by Gasteiger charge is 2.07. The summed E-state index contributed by atoms with van der Waals surface area (Å²) in [6, 6.07) is 14.6. The molecule has 0 radical (unpaired) electrons. The van der Waals surface area contributed by atoms with E-state index in [1.54, 1.807) is 37.4 Å². The van der Waals surface area contributed by atoms with Gasteiger partial charge in [0.15, 0.2) is 0 Å². The number of hydrogen-bond donors (Lipinski definition) is 1. The van der Waals surface area contributed by atoms with E-state index in [1.807, 2.05) is 12.1 Å². The van der Waals surface area contributed by atoms with Crippen molar-refractivity contribution < 1.29 is 14.6 Å². The van der Waals surface area contributed by atoms with Crippen LogP contribution in [0.3, 0.4) is 0 Å². The summed E-state index contributed by atoms with van der Waals surface area (Å²) in [4.78, 5) is 0. The molecule has 4 heteroatoms. The summed E-state index contributed by atoms with van der Waals surface area (Å²) in [7, 11) is 1.58. The standard InChI is InChI=1S/C16H15NO3/c1-19-15-7-6-12(9-17)8-14(15)11-20-16-5-3-2-4-13(16)10-18/h2-8,18H,10-11H2,1H3. The Balaban J connectivity index is 2.20. The van der Waals surface area contributed by atoms with Crippen LogP contribution < -0.4 is 9.47 Å². The van der Waals surface area contributed by atoms with Crippen LogP contribution in [-0.4, -0.2) is 12.2 Å². The van der Waals surface area contributed by atoms with Gasteiger partial charge < -0.3 is 14.6 Å². The van der Waals surface area contributed by atoms with Gasteiger partial charge in [-0.2, -0.15) is 5.26 Å². The minimum Gasteiger partial charge on any atom is -0.496 e. The van der Waals surface area contributed by atoms with Gasteiger partial charge in [-0.15, -0.1) is 0 Å². The van der Waals surface area contributed by atoms with Crippen molar-refractivity contribution in [1.29, 1.82) is 5.26 Å². The molecule has 2 aromatic rings. The molecular formula is C16H15NO3. The summed E-state index contributed by atoms with van der Waals surface area (Å²) in [5.74, 6) is 1.30. The third-order valence-corrected chi connectivity index (χ3v) is 2.94. The summed E-state index contributed by atoms with van der Waals surface area (Å²) in [5, 5.41) is 18.2. The molecule has 0 amide bonds. The van der Waals surface area contributed by atoms with E-state index in [4.69, 9.17) is 14.7 Å². The Labute approximate surface area is 117 Å². The maximum absolute atomic E-state index is 9.25. The quantitative estimate of drug-likeness (QED) is 0.906. The van der Waals surface area contributed by atoms with Crippen molar-refractivity contribution in [2.24, 2.45) is 0 Å². The predicted octanol–water partition coefficient (Wildman–Crippen LogP) is 2.64. The molecule has 0 bridgehead atoms. The van der Waals surface area contributed by atoms with Gasteiger partial charge in [0.1, 0.15) is 18.1 Å².